The van der Waals surface area contributed by atoms with Gasteiger partial charge in [-0.1, -0.05) is 33.6 Å². The molecule has 2 rings (SSSR count). The van der Waals surface area contributed by atoms with E-state index < -0.39 is 0 Å². The van der Waals surface area contributed by atoms with Crippen LogP contribution in [0.5, 0.6) is 0 Å². The molecule has 152 valence electrons. The maximum atomic E-state index is 12.7. The molecule has 1 heterocycles. The third-order valence-corrected chi connectivity index (χ3v) is 5.89. The van der Waals surface area contributed by atoms with Gasteiger partial charge in [0.1, 0.15) is 5.01 Å². The predicted octanol–water partition coefficient (Wildman–Crippen LogP) is 3.14. The third kappa shape index (κ3) is 5.67. The molecule has 0 bridgehead atoms. The second-order valence-corrected chi connectivity index (χ2v) is 9.55. The van der Waals surface area contributed by atoms with Gasteiger partial charge in [-0.25, -0.2) is 9.98 Å². The number of aromatic nitrogens is 1. The summed E-state index contributed by atoms with van der Waals surface area (Å²) >= 11 is 1.65. The summed E-state index contributed by atoms with van der Waals surface area (Å²) in [4.78, 5) is 23.9. The van der Waals surface area contributed by atoms with Crippen molar-refractivity contribution in [3.8, 4) is 0 Å². The molecule has 1 fully saturated rings. The standard InChI is InChI=1S/C20H35N5OS/c1-7-21-18(22-12-16-24-15(13-27-16)19(2,3)4)23-14-20(10-8-9-11-20)17(26)25(5)6/h13H,7-12,14H2,1-6H3,(H2,21,22,23). The van der Waals surface area contributed by atoms with Gasteiger partial charge < -0.3 is 15.5 Å². The van der Waals surface area contributed by atoms with Gasteiger partial charge in [-0.3, -0.25) is 4.79 Å². The van der Waals surface area contributed by atoms with Crippen LogP contribution in [0.25, 0.3) is 0 Å². The second-order valence-electron chi connectivity index (χ2n) is 8.61. The molecule has 0 radical (unpaired) electrons. The summed E-state index contributed by atoms with van der Waals surface area (Å²) in [5.41, 5.74) is 0.861. The summed E-state index contributed by atoms with van der Waals surface area (Å²) in [5, 5.41) is 9.84. The fourth-order valence-electron chi connectivity index (χ4n) is 3.46. The maximum Gasteiger partial charge on any atom is 0.230 e. The van der Waals surface area contributed by atoms with E-state index in [1.54, 1.807) is 16.2 Å². The van der Waals surface area contributed by atoms with Gasteiger partial charge in [0, 0.05) is 38.0 Å². The van der Waals surface area contributed by atoms with Gasteiger partial charge in [-0.15, -0.1) is 11.3 Å². The van der Waals surface area contributed by atoms with Crippen molar-refractivity contribution in [1.29, 1.82) is 0 Å². The molecule has 0 aliphatic heterocycles. The molecule has 1 amide bonds. The fraction of sp³-hybridized carbons (Fsp3) is 0.750. The van der Waals surface area contributed by atoms with Gasteiger partial charge in [0.25, 0.3) is 0 Å². The molecule has 6 nitrogen and oxygen atoms in total. The molecule has 0 unspecified atom stereocenters. The first-order chi connectivity index (χ1) is 12.7. The monoisotopic (exact) mass is 393 g/mol. The largest absolute Gasteiger partial charge is 0.357 e. The molecular weight excluding hydrogens is 358 g/mol. The number of carbonyl (C=O) groups is 1. The molecule has 2 N–H and O–H groups in total. The zero-order valence-corrected chi connectivity index (χ0v) is 18.5. The molecule has 0 spiro atoms. The first-order valence-electron chi connectivity index (χ1n) is 9.87. The minimum Gasteiger partial charge on any atom is -0.357 e. The minimum absolute atomic E-state index is 0.0581. The van der Waals surface area contributed by atoms with Crippen LogP contribution in [0.2, 0.25) is 0 Å². The second kappa shape index (κ2) is 9.04. The number of carbonyl (C=O) groups excluding carboxylic acids is 1. The summed E-state index contributed by atoms with van der Waals surface area (Å²) in [5.74, 6) is 0.973. The molecule has 0 aromatic carbocycles. The number of thiazole rings is 1. The minimum atomic E-state index is -0.305. The normalized spacial score (nSPS) is 17.0. The van der Waals surface area contributed by atoms with Crippen LogP contribution in [-0.2, 0) is 16.8 Å². The van der Waals surface area contributed by atoms with Crippen LogP contribution in [-0.4, -0.2) is 48.9 Å². The number of rotatable bonds is 6. The Bertz CT molecular complexity index is 654. The third-order valence-electron chi connectivity index (χ3n) is 5.05. The molecule has 1 aromatic rings. The van der Waals surface area contributed by atoms with Gasteiger partial charge in [-0.2, -0.15) is 0 Å². The van der Waals surface area contributed by atoms with Crippen molar-refractivity contribution in [2.75, 3.05) is 27.2 Å². The van der Waals surface area contributed by atoms with Crippen LogP contribution in [0.15, 0.2) is 10.4 Å². The van der Waals surface area contributed by atoms with Crippen molar-refractivity contribution < 1.29 is 4.79 Å². The summed E-state index contributed by atoms with van der Waals surface area (Å²) < 4.78 is 0. The van der Waals surface area contributed by atoms with Crippen LogP contribution in [0, 0.1) is 5.41 Å². The Hall–Kier alpha value is -1.63. The molecule has 1 aliphatic carbocycles. The molecule has 1 saturated carbocycles. The topological polar surface area (TPSA) is 69.6 Å². The van der Waals surface area contributed by atoms with Crippen LogP contribution in [0.3, 0.4) is 0 Å². The number of nitrogens with zero attached hydrogens (tertiary/aromatic N) is 3. The zero-order chi connectivity index (χ0) is 20.1. The van der Waals surface area contributed by atoms with Crippen LogP contribution >= 0.6 is 11.3 Å². The van der Waals surface area contributed by atoms with E-state index in [4.69, 9.17) is 9.98 Å². The first-order valence-corrected chi connectivity index (χ1v) is 10.7. The Morgan fingerprint density at radius 3 is 2.48 bits per heavy atom. The van der Waals surface area contributed by atoms with Crippen LogP contribution < -0.4 is 10.6 Å². The van der Waals surface area contributed by atoms with E-state index in [1.165, 1.54) is 0 Å². The predicted molar refractivity (Wildman–Crippen MR) is 113 cm³/mol. The summed E-state index contributed by atoms with van der Waals surface area (Å²) in [6.07, 6.45) is 4.11. The van der Waals surface area contributed by atoms with Gasteiger partial charge >= 0.3 is 0 Å². The lowest BCUT2D eigenvalue weighted by atomic mass is 9.84. The highest BCUT2D eigenvalue weighted by Crippen LogP contribution is 2.38. The first kappa shape index (κ1) is 21.7. The SMILES string of the molecule is CCNC(=NCc1nc(C(C)(C)C)cs1)NCC1(C(=O)N(C)C)CCCC1. The van der Waals surface area contributed by atoms with Crippen molar-refractivity contribution in [2.45, 2.75) is 65.3 Å². The van der Waals surface area contributed by atoms with E-state index in [9.17, 15) is 4.79 Å². The summed E-state index contributed by atoms with van der Waals surface area (Å²) in [6, 6.07) is 0. The Morgan fingerprint density at radius 2 is 1.96 bits per heavy atom. The lowest BCUT2D eigenvalue weighted by Crippen LogP contribution is -2.49. The highest BCUT2D eigenvalue weighted by molar-refractivity contribution is 7.09. The molecule has 1 aromatic heterocycles. The lowest BCUT2D eigenvalue weighted by Gasteiger charge is -2.31. The van der Waals surface area contributed by atoms with E-state index in [2.05, 4.69) is 43.7 Å². The number of hydrogen-bond donors (Lipinski definition) is 2. The molecular formula is C20H35N5OS. The maximum absolute atomic E-state index is 12.7. The average molecular weight is 394 g/mol. The average Bonchev–Trinajstić information content (AvgIpc) is 3.26. The number of hydrogen-bond acceptors (Lipinski definition) is 4. The molecule has 0 atom stereocenters. The van der Waals surface area contributed by atoms with Crippen molar-refractivity contribution in [3.63, 3.8) is 0 Å². The highest BCUT2D eigenvalue weighted by atomic mass is 32.1. The molecule has 1 aliphatic rings. The van der Waals surface area contributed by atoms with E-state index in [0.29, 0.717) is 13.1 Å². The lowest BCUT2D eigenvalue weighted by molar-refractivity contribution is -0.138. The van der Waals surface area contributed by atoms with Crippen LogP contribution in [0.4, 0.5) is 0 Å². The van der Waals surface area contributed by atoms with Crippen molar-refractivity contribution in [2.24, 2.45) is 10.4 Å². The fourth-order valence-corrected chi connectivity index (χ4v) is 4.41. The Kier molecular flexibility index (Phi) is 7.25. The zero-order valence-electron chi connectivity index (χ0n) is 17.7. The van der Waals surface area contributed by atoms with Crippen molar-refractivity contribution >= 4 is 23.2 Å². The van der Waals surface area contributed by atoms with Gasteiger partial charge in [0.15, 0.2) is 5.96 Å². The highest BCUT2D eigenvalue weighted by Gasteiger charge is 2.42. The summed E-state index contributed by atoms with van der Waals surface area (Å²) in [6.45, 7) is 10.5. The number of amides is 1. The Labute approximate surface area is 167 Å². The number of aliphatic imine (C=N–C) groups is 1. The van der Waals surface area contributed by atoms with E-state index in [0.717, 1.165) is 48.9 Å². The van der Waals surface area contributed by atoms with Gasteiger partial charge in [-0.05, 0) is 19.8 Å². The van der Waals surface area contributed by atoms with Crippen LogP contribution in [0.1, 0.15) is 64.1 Å². The smallest absolute Gasteiger partial charge is 0.230 e. The van der Waals surface area contributed by atoms with Gasteiger partial charge in [0.2, 0.25) is 5.91 Å². The Morgan fingerprint density at radius 1 is 1.30 bits per heavy atom. The summed E-state index contributed by atoms with van der Waals surface area (Å²) in [7, 11) is 3.69. The van der Waals surface area contributed by atoms with E-state index in [1.807, 2.05) is 14.1 Å². The van der Waals surface area contributed by atoms with Gasteiger partial charge in [0.05, 0.1) is 17.7 Å². The number of nitrogens with one attached hydrogen (secondary N) is 2. The molecule has 0 saturated heterocycles. The van der Waals surface area contributed by atoms with E-state index >= 15 is 0 Å². The number of guanidine groups is 1. The van der Waals surface area contributed by atoms with E-state index in [-0.39, 0.29) is 16.7 Å². The Balaban J connectivity index is 2.04. The quantitative estimate of drug-likeness (QED) is 0.575. The molecule has 27 heavy (non-hydrogen) atoms. The molecule has 7 heteroatoms. The van der Waals surface area contributed by atoms with Crippen molar-refractivity contribution in [3.05, 3.63) is 16.1 Å². The van der Waals surface area contributed by atoms with Crippen molar-refractivity contribution in [1.82, 2.24) is 20.5 Å².